The number of likely N-dealkylation sites (tertiary alicyclic amines) is 1. The Labute approximate surface area is 109 Å². The Hall–Kier alpha value is -0.810. The van der Waals surface area contributed by atoms with E-state index in [1.54, 1.807) is 31.0 Å². The van der Waals surface area contributed by atoms with Crippen LogP contribution in [0, 0.1) is 0 Å². The second kappa shape index (κ2) is 4.46. The zero-order valence-electron chi connectivity index (χ0n) is 10.0. The topological polar surface area (TPSA) is 56.3 Å². The summed E-state index contributed by atoms with van der Waals surface area (Å²) in [5, 5.41) is 10.1. The van der Waals surface area contributed by atoms with Crippen molar-refractivity contribution in [3.63, 3.8) is 0 Å². The Morgan fingerprint density at radius 1 is 1.65 bits per heavy atom. The van der Waals surface area contributed by atoms with Crippen LogP contribution >= 0.6 is 15.9 Å². The van der Waals surface area contributed by atoms with Crippen LogP contribution in [0.1, 0.15) is 37.2 Å². The number of hydrogen-bond donors (Lipinski definition) is 2. The fraction of sp³-hybridized carbons (Fsp3) is 0.583. The standard InChI is InChI=1S/C12H17BrN2O2/c1-12(2,17)10-4-3-5-15(10)11(16)9-6-8(13)7-14-9/h6-7,10,14,17H,3-5H2,1-2H3/t10-/m0/s1. The van der Waals surface area contributed by atoms with Crippen molar-refractivity contribution in [1.29, 1.82) is 0 Å². The fourth-order valence-corrected chi connectivity index (χ4v) is 2.73. The van der Waals surface area contributed by atoms with Crippen LogP contribution in [0.4, 0.5) is 0 Å². The van der Waals surface area contributed by atoms with Crippen LogP contribution in [-0.2, 0) is 0 Å². The smallest absolute Gasteiger partial charge is 0.270 e. The maximum absolute atomic E-state index is 12.3. The Kier molecular flexibility index (Phi) is 3.32. The third kappa shape index (κ3) is 2.55. The number of aromatic nitrogens is 1. The number of halogens is 1. The molecule has 0 bridgehead atoms. The summed E-state index contributed by atoms with van der Waals surface area (Å²) in [6.45, 7) is 4.23. The zero-order valence-corrected chi connectivity index (χ0v) is 11.6. The molecule has 1 saturated heterocycles. The number of nitrogens with zero attached hydrogens (tertiary/aromatic N) is 1. The van der Waals surface area contributed by atoms with E-state index in [1.807, 2.05) is 0 Å². The van der Waals surface area contributed by atoms with Crippen LogP contribution in [0.2, 0.25) is 0 Å². The average molecular weight is 301 g/mol. The maximum Gasteiger partial charge on any atom is 0.270 e. The molecule has 1 aliphatic rings. The Bertz CT molecular complexity index is 422. The van der Waals surface area contributed by atoms with E-state index in [1.165, 1.54) is 0 Å². The van der Waals surface area contributed by atoms with Gasteiger partial charge in [0.2, 0.25) is 0 Å². The van der Waals surface area contributed by atoms with Gasteiger partial charge in [-0.25, -0.2) is 0 Å². The summed E-state index contributed by atoms with van der Waals surface area (Å²) in [6, 6.07) is 1.67. The van der Waals surface area contributed by atoms with Gasteiger partial charge in [0.15, 0.2) is 0 Å². The van der Waals surface area contributed by atoms with Gasteiger partial charge in [0.05, 0.1) is 11.6 Å². The van der Waals surface area contributed by atoms with E-state index in [2.05, 4.69) is 20.9 Å². The normalized spacial score (nSPS) is 20.9. The van der Waals surface area contributed by atoms with Crippen LogP contribution in [0.5, 0.6) is 0 Å². The van der Waals surface area contributed by atoms with Gasteiger partial charge < -0.3 is 15.0 Å². The van der Waals surface area contributed by atoms with Crippen molar-refractivity contribution in [2.75, 3.05) is 6.54 Å². The quantitative estimate of drug-likeness (QED) is 0.879. The number of carbonyl (C=O) groups excluding carboxylic acids is 1. The summed E-state index contributed by atoms with van der Waals surface area (Å²) in [6.07, 6.45) is 3.54. The molecule has 0 aromatic carbocycles. The summed E-state index contributed by atoms with van der Waals surface area (Å²) in [5.74, 6) is -0.0414. The second-order valence-electron chi connectivity index (χ2n) is 5.04. The van der Waals surface area contributed by atoms with Gasteiger partial charge in [-0.15, -0.1) is 0 Å². The summed E-state index contributed by atoms with van der Waals surface area (Å²) in [4.78, 5) is 17.0. The summed E-state index contributed by atoms with van der Waals surface area (Å²) in [5.41, 5.74) is -0.288. The third-order valence-electron chi connectivity index (χ3n) is 3.21. The highest BCUT2D eigenvalue weighted by Crippen LogP contribution is 2.28. The molecule has 0 aliphatic carbocycles. The summed E-state index contributed by atoms with van der Waals surface area (Å²) < 4.78 is 0.861. The molecule has 4 nitrogen and oxygen atoms in total. The largest absolute Gasteiger partial charge is 0.388 e. The lowest BCUT2D eigenvalue weighted by Gasteiger charge is -2.33. The predicted octanol–water partition coefficient (Wildman–Crippen LogP) is 2.15. The predicted molar refractivity (Wildman–Crippen MR) is 68.8 cm³/mol. The second-order valence-corrected chi connectivity index (χ2v) is 5.96. The number of rotatable bonds is 2. The maximum atomic E-state index is 12.3. The van der Waals surface area contributed by atoms with E-state index in [9.17, 15) is 9.90 Å². The molecule has 1 amide bonds. The molecule has 1 aliphatic heterocycles. The number of aliphatic hydroxyl groups is 1. The van der Waals surface area contributed by atoms with E-state index in [-0.39, 0.29) is 11.9 Å². The van der Waals surface area contributed by atoms with Crippen LogP contribution in [0.15, 0.2) is 16.7 Å². The van der Waals surface area contributed by atoms with Crippen LogP contribution in [0.25, 0.3) is 0 Å². The van der Waals surface area contributed by atoms with Crippen molar-refractivity contribution in [1.82, 2.24) is 9.88 Å². The number of hydrogen-bond acceptors (Lipinski definition) is 2. The molecular formula is C12H17BrN2O2. The molecule has 0 unspecified atom stereocenters. The SMILES string of the molecule is CC(C)(O)[C@@H]1CCCN1C(=O)c1cc(Br)c[nH]1. The molecule has 0 saturated carbocycles. The molecule has 1 atom stereocenters. The van der Waals surface area contributed by atoms with E-state index < -0.39 is 5.60 Å². The average Bonchev–Trinajstić information content (AvgIpc) is 2.83. The van der Waals surface area contributed by atoms with E-state index in [4.69, 9.17) is 0 Å². The lowest BCUT2D eigenvalue weighted by Crippen LogP contribution is -2.48. The molecule has 5 heteroatoms. The molecule has 0 spiro atoms. The van der Waals surface area contributed by atoms with Gasteiger partial charge in [0.25, 0.3) is 5.91 Å². The molecular weight excluding hydrogens is 284 g/mol. The van der Waals surface area contributed by atoms with Gasteiger partial charge in [-0.05, 0) is 48.7 Å². The minimum atomic E-state index is -0.851. The number of nitrogens with one attached hydrogen (secondary N) is 1. The zero-order chi connectivity index (χ0) is 12.6. The van der Waals surface area contributed by atoms with Gasteiger partial charge in [-0.1, -0.05) is 0 Å². The molecule has 1 fully saturated rings. The van der Waals surface area contributed by atoms with Gasteiger partial charge >= 0.3 is 0 Å². The van der Waals surface area contributed by atoms with Crippen molar-refractivity contribution in [2.45, 2.75) is 38.3 Å². The molecule has 2 N–H and O–H groups in total. The number of H-pyrrole nitrogens is 1. The minimum absolute atomic E-state index is 0.0414. The Morgan fingerprint density at radius 2 is 2.35 bits per heavy atom. The first-order chi connectivity index (χ1) is 7.89. The number of amides is 1. The van der Waals surface area contributed by atoms with Crippen molar-refractivity contribution in [2.24, 2.45) is 0 Å². The van der Waals surface area contributed by atoms with Crippen molar-refractivity contribution < 1.29 is 9.90 Å². The Balaban J connectivity index is 2.19. The number of carbonyl (C=O) groups is 1. The first kappa shape index (κ1) is 12.6. The van der Waals surface area contributed by atoms with Gasteiger partial charge in [-0.3, -0.25) is 4.79 Å². The van der Waals surface area contributed by atoms with Crippen molar-refractivity contribution >= 4 is 21.8 Å². The van der Waals surface area contributed by atoms with Gasteiger partial charge in [0, 0.05) is 17.2 Å². The fourth-order valence-electron chi connectivity index (χ4n) is 2.39. The van der Waals surface area contributed by atoms with Crippen molar-refractivity contribution in [3.8, 4) is 0 Å². The monoisotopic (exact) mass is 300 g/mol. The van der Waals surface area contributed by atoms with Crippen LogP contribution in [0.3, 0.4) is 0 Å². The van der Waals surface area contributed by atoms with E-state index in [0.717, 1.165) is 17.3 Å². The van der Waals surface area contributed by atoms with Gasteiger partial charge in [0.1, 0.15) is 5.69 Å². The Morgan fingerprint density at radius 3 is 2.88 bits per heavy atom. The molecule has 2 rings (SSSR count). The molecule has 1 aromatic heterocycles. The summed E-state index contributed by atoms with van der Waals surface area (Å²) >= 11 is 3.31. The minimum Gasteiger partial charge on any atom is -0.388 e. The third-order valence-corrected chi connectivity index (χ3v) is 3.67. The lowest BCUT2D eigenvalue weighted by atomic mass is 9.96. The molecule has 2 heterocycles. The molecule has 94 valence electrons. The highest BCUT2D eigenvalue weighted by molar-refractivity contribution is 9.10. The number of aromatic amines is 1. The van der Waals surface area contributed by atoms with Crippen LogP contribution in [-0.4, -0.2) is 39.1 Å². The summed E-state index contributed by atoms with van der Waals surface area (Å²) in [7, 11) is 0. The van der Waals surface area contributed by atoms with Crippen LogP contribution < -0.4 is 0 Å². The first-order valence-electron chi connectivity index (χ1n) is 5.77. The highest BCUT2D eigenvalue weighted by Gasteiger charge is 2.38. The lowest BCUT2D eigenvalue weighted by molar-refractivity contribution is 0.000144. The molecule has 1 aromatic rings. The van der Waals surface area contributed by atoms with E-state index >= 15 is 0 Å². The molecule has 0 radical (unpaired) electrons. The molecule has 17 heavy (non-hydrogen) atoms. The highest BCUT2D eigenvalue weighted by atomic mass is 79.9. The van der Waals surface area contributed by atoms with E-state index in [0.29, 0.717) is 12.2 Å². The first-order valence-corrected chi connectivity index (χ1v) is 6.56. The van der Waals surface area contributed by atoms with Gasteiger partial charge in [-0.2, -0.15) is 0 Å². The van der Waals surface area contributed by atoms with Crippen molar-refractivity contribution in [3.05, 3.63) is 22.4 Å².